The van der Waals surface area contributed by atoms with Crippen molar-refractivity contribution in [1.29, 1.82) is 0 Å². The van der Waals surface area contributed by atoms with Gasteiger partial charge in [-0.25, -0.2) is 0 Å². The molecule has 1 aliphatic rings. The first-order valence-corrected chi connectivity index (χ1v) is 2.26. The van der Waals surface area contributed by atoms with E-state index in [1.807, 2.05) is 0 Å². The normalized spacial score (nSPS) is 22.0. The molecule has 0 aromatic rings. The number of hydrogen-bond donors (Lipinski definition) is 2. The van der Waals surface area contributed by atoms with E-state index in [9.17, 15) is 0 Å². The number of rotatable bonds is 0. The van der Waals surface area contributed by atoms with Crippen molar-refractivity contribution in [3.8, 4) is 0 Å². The summed E-state index contributed by atoms with van der Waals surface area (Å²) in [6.07, 6.45) is 5.55. The van der Waals surface area contributed by atoms with Gasteiger partial charge in [0.2, 0.25) is 0 Å². The van der Waals surface area contributed by atoms with E-state index in [1.165, 1.54) is 12.2 Å². The third-order valence-electron chi connectivity index (χ3n) is 0.910. The Bertz CT molecular complexity index is 175. The Hall–Kier alpha value is -1.18. The molecule has 0 aromatic carbocycles. The quantitative estimate of drug-likeness (QED) is 0.463. The number of aliphatic hydroxyl groups is 2. The summed E-state index contributed by atoms with van der Waals surface area (Å²) in [5.74, 6) is 0.185. The monoisotopic (exact) mass is 110 g/mol. The van der Waals surface area contributed by atoms with Gasteiger partial charge in [0.1, 0.15) is 5.76 Å². The summed E-state index contributed by atoms with van der Waals surface area (Å²) in [7, 11) is 0. The van der Waals surface area contributed by atoms with Crippen LogP contribution in [0.5, 0.6) is 0 Å². The fraction of sp³-hybridized carbons (Fsp3) is 0. The average Bonchev–Trinajstić information content (AvgIpc) is 2.14. The van der Waals surface area contributed by atoms with Gasteiger partial charge >= 0.3 is 0 Å². The lowest BCUT2D eigenvalue weighted by Crippen LogP contribution is -1.65. The van der Waals surface area contributed by atoms with Crippen LogP contribution in [0.25, 0.3) is 0 Å². The lowest BCUT2D eigenvalue weighted by molar-refractivity contribution is 0.433. The van der Waals surface area contributed by atoms with Gasteiger partial charge in [-0.2, -0.15) is 0 Å². The van der Waals surface area contributed by atoms with Gasteiger partial charge in [-0.15, -0.1) is 0 Å². The summed E-state index contributed by atoms with van der Waals surface area (Å²) in [6, 6.07) is 0. The molecule has 0 aromatic heterocycles. The van der Waals surface area contributed by atoms with Crippen LogP contribution in [0.4, 0.5) is 0 Å². The van der Waals surface area contributed by atoms with Crippen molar-refractivity contribution in [2.24, 2.45) is 0 Å². The van der Waals surface area contributed by atoms with Crippen molar-refractivity contribution < 1.29 is 10.2 Å². The molecule has 8 heavy (non-hydrogen) atoms. The van der Waals surface area contributed by atoms with Crippen molar-refractivity contribution in [2.45, 2.75) is 0 Å². The first-order valence-electron chi connectivity index (χ1n) is 2.26. The predicted octanol–water partition coefficient (Wildman–Crippen LogP) is 1.44. The predicted molar refractivity (Wildman–Crippen MR) is 30.6 cm³/mol. The standard InChI is InChI=1S/C6H6O2/c7-4-5-1-2-6(8)3-5/h1-4,7-8H/b5-4-. The van der Waals surface area contributed by atoms with Gasteiger partial charge < -0.3 is 10.2 Å². The highest BCUT2D eigenvalue weighted by molar-refractivity contribution is 5.41. The molecule has 0 bridgehead atoms. The number of hydrogen-bond acceptors (Lipinski definition) is 2. The molecule has 0 saturated carbocycles. The third kappa shape index (κ3) is 0.729. The van der Waals surface area contributed by atoms with Crippen molar-refractivity contribution in [3.05, 3.63) is 35.8 Å². The molecule has 0 spiro atoms. The Morgan fingerprint density at radius 3 is 2.38 bits per heavy atom. The molecule has 0 radical (unpaired) electrons. The van der Waals surface area contributed by atoms with Crippen molar-refractivity contribution in [3.63, 3.8) is 0 Å². The van der Waals surface area contributed by atoms with Gasteiger partial charge in [-0.1, -0.05) is 0 Å². The second-order valence-electron chi connectivity index (χ2n) is 1.53. The summed E-state index contributed by atoms with van der Waals surface area (Å²) < 4.78 is 0. The summed E-state index contributed by atoms with van der Waals surface area (Å²) in [5.41, 5.74) is 0.627. The third-order valence-corrected chi connectivity index (χ3v) is 0.910. The first-order chi connectivity index (χ1) is 3.83. The molecule has 2 nitrogen and oxygen atoms in total. The van der Waals surface area contributed by atoms with E-state index < -0.39 is 0 Å². The Morgan fingerprint density at radius 2 is 2.12 bits per heavy atom. The molecule has 0 unspecified atom stereocenters. The molecule has 1 rings (SSSR count). The van der Waals surface area contributed by atoms with Gasteiger partial charge in [-0.05, 0) is 18.2 Å². The van der Waals surface area contributed by atoms with Gasteiger partial charge in [0.25, 0.3) is 0 Å². The van der Waals surface area contributed by atoms with Crippen LogP contribution in [0, 0.1) is 0 Å². The van der Waals surface area contributed by atoms with Gasteiger partial charge in [0, 0.05) is 5.57 Å². The second kappa shape index (κ2) is 1.74. The van der Waals surface area contributed by atoms with Crippen molar-refractivity contribution >= 4 is 0 Å². The molecule has 2 heteroatoms. The summed E-state index contributed by atoms with van der Waals surface area (Å²) >= 11 is 0. The zero-order valence-electron chi connectivity index (χ0n) is 4.20. The maximum absolute atomic E-state index is 8.65. The Kier molecular flexibility index (Phi) is 1.08. The fourth-order valence-corrected chi connectivity index (χ4v) is 0.529. The minimum Gasteiger partial charge on any atom is -0.515 e. The highest BCUT2D eigenvalue weighted by atomic mass is 16.3. The van der Waals surface area contributed by atoms with Crippen LogP contribution in [0.3, 0.4) is 0 Å². The molecule has 0 amide bonds. The van der Waals surface area contributed by atoms with Crippen LogP contribution in [0.1, 0.15) is 0 Å². The van der Waals surface area contributed by atoms with Crippen LogP contribution in [0.2, 0.25) is 0 Å². The van der Waals surface area contributed by atoms with Crippen LogP contribution in [-0.2, 0) is 0 Å². The Balaban J connectivity index is 2.84. The first kappa shape index (κ1) is 4.97. The molecule has 0 heterocycles. The topological polar surface area (TPSA) is 40.5 Å². The largest absolute Gasteiger partial charge is 0.515 e. The van der Waals surface area contributed by atoms with E-state index in [1.54, 1.807) is 6.08 Å². The van der Waals surface area contributed by atoms with E-state index in [0.29, 0.717) is 5.57 Å². The highest BCUT2D eigenvalue weighted by Crippen LogP contribution is 2.10. The molecule has 0 saturated heterocycles. The fourth-order valence-electron chi connectivity index (χ4n) is 0.529. The number of aliphatic hydroxyl groups excluding tert-OH is 2. The van der Waals surface area contributed by atoms with E-state index in [2.05, 4.69) is 0 Å². The summed E-state index contributed by atoms with van der Waals surface area (Å²) in [6.45, 7) is 0. The minimum atomic E-state index is 0.185. The van der Waals surface area contributed by atoms with Crippen LogP contribution < -0.4 is 0 Å². The SMILES string of the molecule is O/C=C1/C=CC(O)=C1. The molecule has 2 N–H and O–H groups in total. The zero-order chi connectivity index (χ0) is 5.98. The maximum atomic E-state index is 8.65. The van der Waals surface area contributed by atoms with E-state index in [-0.39, 0.29) is 5.76 Å². The summed E-state index contributed by atoms with van der Waals surface area (Å²) in [4.78, 5) is 0. The molecule has 0 aliphatic heterocycles. The van der Waals surface area contributed by atoms with Crippen molar-refractivity contribution in [1.82, 2.24) is 0 Å². The van der Waals surface area contributed by atoms with E-state index in [4.69, 9.17) is 10.2 Å². The molecule has 42 valence electrons. The smallest absolute Gasteiger partial charge is 0.116 e. The maximum Gasteiger partial charge on any atom is 0.116 e. The van der Waals surface area contributed by atoms with Gasteiger partial charge in [0.15, 0.2) is 0 Å². The molecule has 1 aliphatic carbocycles. The van der Waals surface area contributed by atoms with Crippen molar-refractivity contribution in [2.75, 3.05) is 0 Å². The van der Waals surface area contributed by atoms with Crippen LogP contribution in [-0.4, -0.2) is 10.2 Å². The Labute approximate surface area is 47.1 Å². The van der Waals surface area contributed by atoms with E-state index >= 15 is 0 Å². The summed E-state index contributed by atoms with van der Waals surface area (Å²) in [5, 5.41) is 17.0. The lowest BCUT2D eigenvalue weighted by atomic mass is 10.3. The Morgan fingerprint density at radius 1 is 1.38 bits per heavy atom. The molecule has 0 fully saturated rings. The van der Waals surface area contributed by atoms with Crippen LogP contribution >= 0.6 is 0 Å². The highest BCUT2D eigenvalue weighted by Gasteiger charge is 1.96. The number of allylic oxidation sites excluding steroid dienone is 4. The van der Waals surface area contributed by atoms with E-state index in [0.717, 1.165) is 6.26 Å². The lowest BCUT2D eigenvalue weighted by Gasteiger charge is -1.79. The van der Waals surface area contributed by atoms with Gasteiger partial charge in [0.05, 0.1) is 6.26 Å². The minimum absolute atomic E-state index is 0.185. The molecular formula is C6H6O2. The molecule has 0 atom stereocenters. The van der Waals surface area contributed by atoms with Crippen LogP contribution in [0.15, 0.2) is 35.8 Å². The zero-order valence-corrected chi connectivity index (χ0v) is 4.20. The molecular weight excluding hydrogens is 104 g/mol. The average molecular weight is 110 g/mol. The second-order valence-corrected chi connectivity index (χ2v) is 1.53. The van der Waals surface area contributed by atoms with Gasteiger partial charge in [-0.3, -0.25) is 0 Å².